The molecular weight excluding hydrogens is 312 g/mol. The number of hydrogen-bond donors (Lipinski definition) is 0. The molecule has 0 spiro atoms. The van der Waals surface area contributed by atoms with E-state index in [-0.39, 0.29) is 35.3 Å². The van der Waals surface area contributed by atoms with Gasteiger partial charge in [-0.05, 0) is 67.2 Å². The summed E-state index contributed by atoms with van der Waals surface area (Å²) in [5.74, 6) is -0.439. The molecule has 0 bridgehead atoms. The Morgan fingerprint density at radius 1 is 0.833 bits per heavy atom. The van der Waals surface area contributed by atoms with Gasteiger partial charge in [-0.3, -0.25) is 0 Å². The molecule has 2 rings (SSSR count). The van der Waals surface area contributed by atoms with Crippen LogP contribution in [0.3, 0.4) is 0 Å². The summed E-state index contributed by atoms with van der Waals surface area (Å²) in [6, 6.07) is 0. The van der Waals surface area contributed by atoms with E-state index in [0.29, 0.717) is 13.2 Å². The van der Waals surface area contributed by atoms with Gasteiger partial charge in [0.05, 0.1) is 24.4 Å². The van der Waals surface area contributed by atoms with Crippen molar-refractivity contribution >= 4 is 11.9 Å². The van der Waals surface area contributed by atoms with E-state index in [9.17, 15) is 9.59 Å². The van der Waals surface area contributed by atoms with Crippen LogP contribution >= 0.6 is 0 Å². The van der Waals surface area contributed by atoms with Crippen LogP contribution in [0.4, 0.5) is 0 Å². The van der Waals surface area contributed by atoms with Gasteiger partial charge in [-0.1, -0.05) is 0 Å². The molecule has 2 saturated heterocycles. The summed E-state index contributed by atoms with van der Waals surface area (Å²) < 4.78 is 20.7. The summed E-state index contributed by atoms with van der Waals surface area (Å²) in [5.41, 5.74) is -0.311. The fourth-order valence-electron chi connectivity index (χ4n) is 2.77. The van der Waals surface area contributed by atoms with E-state index in [1.54, 1.807) is 13.8 Å². The molecule has 0 aromatic heterocycles. The van der Waals surface area contributed by atoms with Crippen LogP contribution in [-0.4, -0.2) is 48.6 Å². The average molecular weight is 344 g/mol. The van der Waals surface area contributed by atoms with Crippen molar-refractivity contribution in [2.75, 3.05) is 13.2 Å². The molecule has 0 amide bonds. The molecule has 6 heteroatoms. The summed E-state index contributed by atoms with van der Waals surface area (Å²) in [6.07, 6.45) is 2.75. The van der Waals surface area contributed by atoms with Crippen molar-refractivity contribution in [1.29, 1.82) is 0 Å². The van der Waals surface area contributed by atoms with Gasteiger partial charge >= 0.3 is 11.9 Å². The first-order valence-electron chi connectivity index (χ1n) is 8.79. The van der Waals surface area contributed by atoms with Crippen molar-refractivity contribution < 1.29 is 28.5 Å². The highest BCUT2D eigenvalue weighted by Gasteiger charge is 2.37. The van der Waals surface area contributed by atoms with Crippen molar-refractivity contribution in [3.8, 4) is 0 Å². The minimum absolute atomic E-state index is 0.155. The Labute approximate surface area is 145 Å². The normalized spacial score (nSPS) is 27.1. The quantitative estimate of drug-likeness (QED) is 0.730. The Morgan fingerprint density at radius 2 is 1.17 bits per heavy atom. The van der Waals surface area contributed by atoms with Crippen molar-refractivity contribution in [2.45, 2.75) is 90.6 Å². The average Bonchev–Trinajstić information content (AvgIpc) is 3.02. The monoisotopic (exact) mass is 344 g/mol. The number of ether oxygens (including phenoxy) is 4. The SMILES string of the molecule is CCOC(=O)[C@@H]1CCC(C)(C)O1.CCOC(=O)[C@H]1CCC(C)(C)O1. The molecule has 0 N–H and O–H groups in total. The first kappa shape index (κ1) is 20.9. The second kappa shape index (κ2) is 8.81. The second-order valence-corrected chi connectivity index (χ2v) is 7.31. The van der Waals surface area contributed by atoms with Crippen LogP contribution in [0.1, 0.15) is 67.2 Å². The molecule has 0 aliphatic carbocycles. The fraction of sp³-hybridized carbons (Fsp3) is 0.889. The topological polar surface area (TPSA) is 71.1 Å². The highest BCUT2D eigenvalue weighted by molar-refractivity contribution is 5.75. The standard InChI is InChI=1S/2C9H16O3/c2*1-4-11-8(10)7-5-6-9(2,3)12-7/h2*7H,4-6H2,1-3H3/t2*7-/m10/s1. The van der Waals surface area contributed by atoms with Gasteiger partial charge in [-0.25, -0.2) is 9.59 Å². The van der Waals surface area contributed by atoms with E-state index < -0.39 is 0 Å². The lowest BCUT2D eigenvalue weighted by Gasteiger charge is -2.17. The molecule has 2 aliphatic heterocycles. The molecule has 6 nitrogen and oxygen atoms in total. The van der Waals surface area contributed by atoms with E-state index in [2.05, 4.69) is 0 Å². The lowest BCUT2D eigenvalue weighted by Crippen LogP contribution is -2.27. The Bertz CT molecular complexity index is 389. The van der Waals surface area contributed by atoms with Crippen molar-refractivity contribution in [3.05, 3.63) is 0 Å². The summed E-state index contributed by atoms with van der Waals surface area (Å²) in [4.78, 5) is 22.4. The molecule has 24 heavy (non-hydrogen) atoms. The van der Waals surface area contributed by atoms with Crippen LogP contribution in [0.15, 0.2) is 0 Å². The lowest BCUT2D eigenvalue weighted by molar-refractivity contribution is -0.159. The van der Waals surface area contributed by atoms with Gasteiger partial charge in [0.25, 0.3) is 0 Å². The predicted molar refractivity (Wildman–Crippen MR) is 89.6 cm³/mol. The van der Waals surface area contributed by atoms with Gasteiger partial charge in [0, 0.05) is 0 Å². The maximum absolute atomic E-state index is 11.2. The van der Waals surface area contributed by atoms with E-state index >= 15 is 0 Å². The molecule has 2 aliphatic rings. The summed E-state index contributed by atoms with van der Waals surface area (Å²) in [6.45, 7) is 12.4. The Kier molecular flexibility index (Phi) is 7.67. The van der Waals surface area contributed by atoms with Crippen LogP contribution in [0.5, 0.6) is 0 Å². The van der Waals surface area contributed by atoms with Crippen LogP contribution < -0.4 is 0 Å². The summed E-state index contributed by atoms with van der Waals surface area (Å²) in [7, 11) is 0. The third-order valence-corrected chi connectivity index (χ3v) is 4.04. The van der Waals surface area contributed by atoms with E-state index in [4.69, 9.17) is 18.9 Å². The van der Waals surface area contributed by atoms with Crippen LogP contribution in [0.25, 0.3) is 0 Å². The first-order chi connectivity index (χ1) is 11.1. The Balaban J connectivity index is 0.000000240. The Hall–Kier alpha value is -1.14. The zero-order valence-corrected chi connectivity index (χ0v) is 15.8. The summed E-state index contributed by atoms with van der Waals surface area (Å²) in [5, 5.41) is 0. The molecule has 0 saturated carbocycles. The fourth-order valence-corrected chi connectivity index (χ4v) is 2.77. The maximum atomic E-state index is 11.2. The maximum Gasteiger partial charge on any atom is 0.335 e. The first-order valence-corrected chi connectivity index (χ1v) is 8.79. The number of hydrogen-bond acceptors (Lipinski definition) is 6. The zero-order chi connectivity index (χ0) is 18.4. The van der Waals surface area contributed by atoms with Gasteiger partial charge in [0.1, 0.15) is 0 Å². The smallest absolute Gasteiger partial charge is 0.335 e. The minimum Gasteiger partial charge on any atom is -0.464 e. The summed E-state index contributed by atoms with van der Waals surface area (Å²) >= 11 is 0. The largest absolute Gasteiger partial charge is 0.464 e. The van der Waals surface area contributed by atoms with Gasteiger partial charge in [-0.2, -0.15) is 0 Å². The predicted octanol–water partition coefficient (Wildman–Crippen LogP) is 3.01. The molecule has 0 aromatic carbocycles. The number of esters is 2. The van der Waals surface area contributed by atoms with E-state index in [0.717, 1.165) is 25.7 Å². The lowest BCUT2D eigenvalue weighted by atomic mass is 10.1. The molecule has 0 aromatic rings. The third-order valence-electron chi connectivity index (χ3n) is 4.04. The molecule has 0 unspecified atom stereocenters. The molecule has 2 atom stereocenters. The van der Waals surface area contributed by atoms with Crippen LogP contribution in [0.2, 0.25) is 0 Å². The number of carbonyl (C=O) groups excluding carboxylic acids is 2. The van der Waals surface area contributed by atoms with Crippen molar-refractivity contribution in [3.63, 3.8) is 0 Å². The van der Waals surface area contributed by atoms with Gasteiger partial charge in [0.15, 0.2) is 12.2 Å². The number of carbonyl (C=O) groups is 2. The van der Waals surface area contributed by atoms with Gasteiger partial charge < -0.3 is 18.9 Å². The highest BCUT2D eigenvalue weighted by atomic mass is 16.6. The van der Waals surface area contributed by atoms with E-state index in [1.165, 1.54) is 0 Å². The molecule has 2 heterocycles. The minimum atomic E-state index is -0.333. The van der Waals surface area contributed by atoms with Crippen molar-refractivity contribution in [1.82, 2.24) is 0 Å². The van der Waals surface area contributed by atoms with Gasteiger partial charge in [0.2, 0.25) is 0 Å². The zero-order valence-electron chi connectivity index (χ0n) is 15.8. The highest BCUT2D eigenvalue weighted by Crippen LogP contribution is 2.30. The van der Waals surface area contributed by atoms with Crippen LogP contribution in [0, 0.1) is 0 Å². The molecular formula is C18H32O6. The molecule has 2 fully saturated rings. The van der Waals surface area contributed by atoms with Crippen LogP contribution in [-0.2, 0) is 28.5 Å². The number of rotatable bonds is 4. The molecule has 0 radical (unpaired) electrons. The molecule has 140 valence electrons. The van der Waals surface area contributed by atoms with Gasteiger partial charge in [-0.15, -0.1) is 0 Å². The second-order valence-electron chi connectivity index (χ2n) is 7.31. The van der Waals surface area contributed by atoms with E-state index in [1.807, 2.05) is 27.7 Å². The van der Waals surface area contributed by atoms with Crippen molar-refractivity contribution in [2.24, 2.45) is 0 Å². The Morgan fingerprint density at radius 3 is 1.38 bits per heavy atom. The third kappa shape index (κ3) is 6.77.